The number of para-hydroxylation sites is 1. The molecule has 1 N–H and O–H groups in total. The number of aryl methyl sites for hydroxylation is 1. The third-order valence-corrected chi connectivity index (χ3v) is 3.68. The number of methoxy groups -OCH3 is 1. The Hall–Kier alpha value is -2.08. The van der Waals surface area contributed by atoms with E-state index >= 15 is 0 Å². The normalized spacial score (nSPS) is 10.3. The third kappa shape index (κ3) is 2.91. The molecule has 1 heterocycles. The lowest BCUT2D eigenvalue weighted by Crippen LogP contribution is -2.26. The molecule has 1 aromatic heterocycles. The summed E-state index contributed by atoms with van der Waals surface area (Å²) in [5, 5.41) is 12.9. The van der Waals surface area contributed by atoms with E-state index in [1.54, 1.807) is 36.6 Å². The Morgan fingerprint density at radius 2 is 2.25 bits per heavy atom. The van der Waals surface area contributed by atoms with Crippen molar-refractivity contribution in [3.8, 4) is 11.5 Å². The van der Waals surface area contributed by atoms with Gasteiger partial charge in [-0.15, -0.1) is 11.3 Å². The predicted octanol–water partition coefficient (Wildman–Crippen LogP) is 2.44. The van der Waals surface area contributed by atoms with Crippen LogP contribution in [0.25, 0.3) is 0 Å². The van der Waals surface area contributed by atoms with Crippen molar-refractivity contribution in [3.63, 3.8) is 0 Å². The maximum absolute atomic E-state index is 12.3. The molecule has 1 amide bonds. The first kappa shape index (κ1) is 14.3. The molecule has 0 saturated heterocycles. The summed E-state index contributed by atoms with van der Waals surface area (Å²) in [6, 6.07) is 4.85. The summed E-state index contributed by atoms with van der Waals surface area (Å²) in [5.41, 5.74) is 1.06. The van der Waals surface area contributed by atoms with Crippen LogP contribution in [0.3, 0.4) is 0 Å². The zero-order valence-corrected chi connectivity index (χ0v) is 12.4. The second-order valence-corrected chi connectivity index (χ2v) is 5.44. The fraction of sp³-hybridized carbons (Fsp3) is 0.286. The van der Waals surface area contributed by atoms with Crippen LogP contribution >= 0.6 is 11.3 Å². The van der Waals surface area contributed by atoms with Crippen LogP contribution in [-0.2, 0) is 6.54 Å². The standard InChI is InChI=1S/C14H16N2O3S/c1-9-15-10(8-20-9)7-16(2)14(18)11-5-4-6-12(19-3)13(11)17/h4-6,8,17H,7H2,1-3H3. The Morgan fingerprint density at radius 1 is 1.50 bits per heavy atom. The SMILES string of the molecule is COc1cccc(C(=O)N(C)Cc2csc(C)n2)c1O. The average molecular weight is 292 g/mol. The fourth-order valence-electron chi connectivity index (χ4n) is 1.86. The van der Waals surface area contributed by atoms with Gasteiger partial charge in [-0.25, -0.2) is 4.98 Å². The van der Waals surface area contributed by atoms with Crippen molar-refractivity contribution in [2.24, 2.45) is 0 Å². The molecule has 0 spiro atoms. The van der Waals surface area contributed by atoms with Gasteiger partial charge in [-0.3, -0.25) is 4.79 Å². The maximum atomic E-state index is 12.3. The van der Waals surface area contributed by atoms with Crippen molar-refractivity contribution in [2.75, 3.05) is 14.2 Å². The number of aromatic nitrogens is 1. The number of carbonyl (C=O) groups is 1. The van der Waals surface area contributed by atoms with E-state index in [0.29, 0.717) is 6.54 Å². The molecular formula is C14H16N2O3S. The zero-order valence-electron chi connectivity index (χ0n) is 11.6. The number of aromatic hydroxyl groups is 1. The summed E-state index contributed by atoms with van der Waals surface area (Å²) in [4.78, 5) is 18.2. The van der Waals surface area contributed by atoms with Gasteiger partial charge in [0.15, 0.2) is 11.5 Å². The van der Waals surface area contributed by atoms with Gasteiger partial charge in [-0.1, -0.05) is 6.07 Å². The second kappa shape index (κ2) is 5.92. The second-order valence-electron chi connectivity index (χ2n) is 4.38. The number of rotatable bonds is 4. The van der Waals surface area contributed by atoms with E-state index in [9.17, 15) is 9.90 Å². The highest BCUT2D eigenvalue weighted by Gasteiger charge is 2.19. The molecule has 0 bridgehead atoms. The molecular weight excluding hydrogens is 276 g/mol. The lowest BCUT2D eigenvalue weighted by Gasteiger charge is -2.17. The third-order valence-electron chi connectivity index (χ3n) is 2.86. The van der Waals surface area contributed by atoms with Gasteiger partial charge in [0, 0.05) is 12.4 Å². The van der Waals surface area contributed by atoms with Crippen LogP contribution in [0.4, 0.5) is 0 Å². The van der Waals surface area contributed by atoms with Crippen LogP contribution in [0.5, 0.6) is 11.5 Å². The molecule has 0 fully saturated rings. The van der Waals surface area contributed by atoms with Crippen LogP contribution in [0.1, 0.15) is 21.1 Å². The van der Waals surface area contributed by atoms with E-state index in [0.717, 1.165) is 10.7 Å². The Morgan fingerprint density at radius 3 is 2.85 bits per heavy atom. The van der Waals surface area contributed by atoms with Crippen molar-refractivity contribution in [3.05, 3.63) is 39.8 Å². The fourth-order valence-corrected chi connectivity index (χ4v) is 2.46. The first-order valence-corrected chi connectivity index (χ1v) is 6.93. The quantitative estimate of drug-likeness (QED) is 0.940. The number of thiazole rings is 1. The Balaban J connectivity index is 2.18. The van der Waals surface area contributed by atoms with Crippen LogP contribution in [-0.4, -0.2) is 35.1 Å². The molecule has 106 valence electrons. The van der Waals surface area contributed by atoms with Crippen molar-refractivity contribution in [1.82, 2.24) is 9.88 Å². The molecule has 2 rings (SSSR count). The first-order valence-electron chi connectivity index (χ1n) is 6.05. The molecule has 0 unspecified atom stereocenters. The number of hydrogen-bond donors (Lipinski definition) is 1. The number of nitrogens with zero attached hydrogens (tertiary/aromatic N) is 2. The minimum absolute atomic E-state index is 0.138. The maximum Gasteiger partial charge on any atom is 0.257 e. The highest BCUT2D eigenvalue weighted by atomic mass is 32.1. The number of phenolic OH excluding ortho intramolecular Hbond substituents is 1. The number of amides is 1. The van der Waals surface area contributed by atoms with E-state index in [1.165, 1.54) is 12.0 Å². The van der Waals surface area contributed by atoms with Gasteiger partial charge in [-0.05, 0) is 19.1 Å². The van der Waals surface area contributed by atoms with Crippen molar-refractivity contribution in [1.29, 1.82) is 0 Å². The monoisotopic (exact) mass is 292 g/mol. The molecule has 0 aliphatic carbocycles. The summed E-state index contributed by atoms with van der Waals surface area (Å²) in [5.74, 6) is -0.123. The van der Waals surface area contributed by atoms with E-state index in [2.05, 4.69) is 4.98 Å². The van der Waals surface area contributed by atoms with Gasteiger partial charge in [0.05, 0.1) is 29.9 Å². The molecule has 1 aromatic carbocycles. The van der Waals surface area contributed by atoms with E-state index in [-0.39, 0.29) is 23.0 Å². The van der Waals surface area contributed by atoms with Crippen molar-refractivity contribution in [2.45, 2.75) is 13.5 Å². The lowest BCUT2D eigenvalue weighted by atomic mass is 10.1. The molecule has 0 aliphatic heterocycles. The van der Waals surface area contributed by atoms with Crippen LogP contribution < -0.4 is 4.74 Å². The highest BCUT2D eigenvalue weighted by Crippen LogP contribution is 2.30. The summed E-state index contributed by atoms with van der Waals surface area (Å²) < 4.78 is 5.01. The molecule has 2 aromatic rings. The lowest BCUT2D eigenvalue weighted by molar-refractivity contribution is 0.0780. The molecule has 6 heteroatoms. The van der Waals surface area contributed by atoms with E-state index in [1.807, 2.05) is 12.3 Å². The zero-order chi connectivity index (χ0) is 14.7. The highest BCUT2D eigenvalue weighted by molar-refractivity contribution is 7.09. The number of phenols is 1. The average Bonchev–Trinajstić information content (AvgIpc) is 2.83. The first-order chi connectivity index (χ1) is 9.52. The molecule has 20 heavy (non-hydrogen) atoms. The molecule has 5 nitrogen and oxygen atoms in total. The Labute approximate surface area is 121 Å². The van der Waals surface area contributed by atoms with E-state index < -0.39 is 0 Å². The number of hydrogen-bond acceptors (Lipinski definition) is 5. The summed E-state index contributed by atoms with van der Waals surface area (Å²) in [6.45, 7) is 2.32. The van der Waals surface area contributed by atoms with Gasteiger partial charge in [0.2, 0.25) is 0 Å². The minimum atomic E-state index is -0.271. The molecule has 0 aliphatic rings. The van der Waals surface area contributed by atoms with Crippen molar-refractivity contribution < 1.29 is 14.6 Å². The summed E-state index contributed by atoms with van der Waals surface area (Å²) in [6.07, 6.45) is 0. The number of benzene rings is 1. The number of carbonyl (C=O) groups excluding carboxylic acids is 1. The Kier molecular flexibility index (Phi) is 4.24. The molecule has 0 atom stereocenters. The van der Waals surface area contributed by atoms with Crippen molar-refractivity contribution >= 4 is 17.2 Å². The van der Waals surface area contributed by atoms with Gasteiger partial charge in [0.1, 0.15) is 0 Å². The Bertz CT molecular complexity index is 625. The van der Waals surface area contributed by atoms with Gasteiger partial charge in [0.25, 0.3) is 5.91 Å². The van der Waals surface area contributed by atoms with Gasteiger partial charge < -0.3 is 14.7 Å². The topological polar surface area (TPSA) is 62.7 Å². The van der Waals surface area contributed by atoms with E-state index in [4.69, 9.17) is 4.74 Å². The minimum Gasteiger partial charge on any atom is -0.504 e. The predicted molar refractivity (Wildman–Crippen MR) is 77.3 cm³/mol. The summed E-state index contributed by atoms with van der Waals surface area (Å²) in [7, 11) is 3.13. The molecule has 0 radical (unpaired) electrons. The largest absolute Gasteiger partial charge is 0.504 e. The van der Waals surface area contributed by atoms with Gasteiger partial charge in [-0.2, -0.15) is 0 Å². The molecule has 0 saturated carbocycles. The van der Waals surface area contributed by atoms with Crippen LogP contribution in [0, 0.1) is 6.92 Å². The van der Waals surface area contributed by atoms with Gasteiger partial charge >= 0.3 is 0 Å². The summed E-state index contributed by atoms with van der Waals surface area (Å²) >= 11 is 1.54. The van der Waals surface area contributed by atoms with Crippen LogP contribution in [0.15, 0.2) is 23.6 Å². The van der Waals surface area contributed by atoms with Crippen LogP contribution in [0.2, 0.25) is 0 Å². The smallest absolute Gasteiger partial charge is 0.257 e. The number of ether oxygens (including phenoxy) is 1.